The number of hydrogen-bond donors (Lipinski definition) is 0. The van der Waals surface area contributed by atoms with Crippen molar-refractivity contribution in [2.45, 2.75) is 0 Å². The Bertz CT molecular complexity index is 693. The standard InChI is InChI=1S/C15H12N4O/c1-2-6-14(7-3-1)20-15-8-4-5-13(9-15)10-18-19-11-16-17-12-19/h1-12H/b18-10+. The molecular weight excluding hydrogens is 252 g/mol. The first-order valence-corrected chi connectivity index (χ1v) is 6.12. The van der Waals surface area contributed by atoms with Crippen LogP contribution in [0, 0.1) is 0 Å². The van der Waals surface area contributed by atoms with Crippen LogP contribution in [0.25, 0.3) is 0 Å². The van der Waals surface area contributed by atoms with E-state index in [1.807, 2.05) is 54.6 Å². The lowest BCUT2D eigenvalue weighted by Gasteiger charge is -2.05. The van der Waals surface area contributed by atoms with E-state index in [1.165, 1.54) is 17.3 Å². The minimum Gasteiger partial charge on any atom is -0.457 e. The molecule has 3 rings (SSSR count). The van der Waals surface area contributed by atoms with Gasteiger partial charge in [-0.05, 0) is 29.8 Å². The molecule has 0 N–H and O–H groups in total. The van der Waals surface area contributed by atoms with Crippen LogP contribution >= 0.6 is 0 Å². The van der Waals surface area contributed by atoms with Gasteiger partial charge < -0.3 is 4.74 Å². The molecule has 3 aromatic rings. The zero-order valence-corrected chi connectivity index (χ0v) is 10.6. The number of ether oxygens (including phenoxy) is 1. The van der Waals surface area contributed by atoms with Crippen molar-refractivity contribution >= 4 is 6.21 Å². The van der Waals surface area contributed by atoms with E-state index in [9.17, 15) is 0 Å². The number of para-hydroxylation sites is 1. The molecule has 0 bridgehead atoms. The molecule has 98 valence electrons. The van der Waals surface area contributed by atoms with Gasteiger partial charge in [0.15, 0.2) is 0 Å². The van der Waals surface area contributed by atoms with Crippen molar-refractivity contribution in [2.24, 2.45) is 5.10 Å². The maximum atomic E-state index is 5.76. The minimum absolute atomic E-state index is 0.768. The number of hydrogen-bond acceptors (Lipinski definition) is 4. The van der Waals surface area contributed by atoms with Crippen LogP contribution in [0.5, 0.6) is 11.5 Å². The SMILES string of the molecule is C(=N\n1cnnc1)/c1cccc(Oc2ccccc2)c1. The maximum absolute atomic E-state index is 5.76. The van der Waals surface area contributed by atoms with Crippen molar-refractivity contribution in [1.29, 1.82) is 0 Å². The molecule has 0 spiro atoms. The van der Waals surface area contributed by atoms with Crippen LogP contribution < -0.4 is 4.74 Å². The van der Waals surface area contributed by atoms with Gasteiger partial charge in [0, 0.05) is 0 Å². The molecule has 1 heterocycles. The number of benzene rings is 2. The van der Waals surface area contributed by atoms with Crippen LogP contribution in [-0.2, 0) is 0 Å². The third-order valence-electron chi connectivity index (χ3n) is 2.58. The summed E-state index contributed by atoms with van der Waals surface area (Å²) >= 11 is 0. The van der Waals surface area contributed by atoms with Gasteiger partial charge in [0.25, 0.3) is 0 Å². The Hall–Kier alpha value is -2.95. The fourth-order valence-corrected chi connectivity index (χ4v) is 1.67. The molecule has 1 aromatic heterocycles. The molecule has 20 heavy (non-hydrogen) atoms. The van der Waals surface area contributed by atoms with Gasteiger partial charge in [-0.1, -0.05) is 30.3 Å². The van der Waals surface area contributed by atoms with Crippen molar-refractivity contribution < 1.29 is 4.74 Å². The number of aromatic nitrogens is 3. The molecule has 0 aliphatic heterocycles. The molecule has 0 saturated heterocycles. The van der Waals surface area contributed by atoms with E-state index in [0.29, 0.717) is 0 Å². The summed E-state index contributed by atoms with van der Waals surface area (Å²) in [6.45, 7) is 0. The highest BCUT2D eigenvalue weighted by atomic mass is 16.5. The molecule has 0 atom stereocenters. The Morgan fingerprint density at radius 1 is 0.900 bits per heavy atom. The molecule has 5 nitrogen and oxygen atoms in total. The molecule has 5 heteroatoms. The number of rotatable bonds is 4. The van der Waals surface area contributed by atoms with E-state index in [1.54, 1.807) is 6.21 Å². The summed E-state index contributed by atoms with van der Waals surface area (Å²) in [7, 11) is 0. The van der Waals surface area contributed by atoms with Crippen molar-refractivity contribution in [1.82, 2.24) is 14.9 Å². The lowest BCUT2D eigenvalue weighted by atomic mass is 10.2. The molecule has 0 aliphatic carbocycles. The van der Waals surface area contributed by atoms with E-state index < -0.39 is 0 Å². The summed E-state index contributed by atoms with van der Waals surface area (Å²) in [5.74, 6) is 1.57. The second-order valence-corrected chi connectivity index (χ2v) is 4.07. The van der Waals surface area contributed by atoms with Gasteiger partial charge in [0.2, 0.25) is 0 Å². The normalized spacial score (nSPS) is 10.8. The predicted octanol–water partition coefficient (Wildman–Crippen LogP) is 2.95. The third kappa shape index (κ3) is 3.08. The average Bonchev–Trinajstić information content (AvgIpc) is 3.00. The summed E-state index contributed by atoms with van der Waals surface area (Å²) in [5.41, 5.74) is 0.937. The molecule has 2 aromatic carbocycles. The summed E-state index contributed by atoms with van der Waals surface area (Å²) in [5, 5.41) is 11.6. The molecule has 0 fully saturated rings. The first kappa shape index (κ1) is 12.1. The van der Waals surface area contributed by atoms with Crippen molar-refractivity contribution in [2.75, 3.05) is 0 Å². The monoisotopic (exact) mass is 264 g/mol. The first-order chi connectivity index (χ1) is 9.90. The van der Waals surface area contributed by atoms with Crippen LogP contribution in [0.3, 0.4) is 0 Å². The van der Waals surface area contributed by atoms with Gasteiger partial charge >= 0.3 is 0 Å². The van der Waals surface area contributed by atoms with Crippen molar-refractivity contribution in [3.05, 3.63) is 72.8 Å². The Kier molecular flexibility index (Phi) is 3.51. The van der Waals surface area contributed by atoms with E-state index in [4.69, 9.17) is 4.74 Å². The van der Waals surface area contributed by atoms with Crippen molar-refractivity contribution in [3.8, 4) is 11.5 Å². The second-order valence-electron chi connectivity index (χ2n) is 4.07. The van der Waals surface area contributed by atoms with E-state index in [-0.39, 0.29) is 0 Å². The van der Waals surface area contributed by atoms with Crippen LogP contribution in [0.15, 0.2) is 72.4 Å². The average molecular weight is 264 g/mol. The summed E-state index contributed by atoms with van der Waals surface area (Å²) in [6.07, 6.45) is 4.78. The summed E-state index contributed by atoms with van der Waals surface area (Å²) in [6, 6.07) is 17.4. The zero-order valence-electron chi connectivity index (χ0n) is 10.6. The quantitative estimate of drug-likeness (QED) is 0.681. The Morgan fingerprint density at radius 2 is 1.65 bits per heavy atom. The molecular formula is C15H12N4O. The smallest absolute Gasteiger partial charge is 0.141 e. The molecule has 0 radical (unpaired) electrons. The topological polar surface area (TPSA) is 52.3 Å². The second kappa shape index (κ2) is 5.79. The Morgan fingerprint density at radius 3 is 2.45 bits per heavy atom. The van der Waals surface area contributed by atoms with E-state index in [0.717, 1.165) is 17.1 Å². The highest BCUT2D eigenvalue weighted by Crippen LogP contribution is 2.21. The van der Waals surface area contributed by atoms with Crippen LogP contribution in [-0.4, -0.2) is 21.1 Å². The fraction of sp³-hybridized carbons (Fsp3) is 0. The lowest BCUT2D eigenvalue weighted by molar-refractivity contribution is 0.482. The van der Waals surface area contributed by atoms with E-state index >= 15 is 0 Å². The van der Waals surface area contributed by atoms with Gasteiger partial charge in [-0.3, -0.25) is 0 Å². The van der Waals surface area contributed by atoms with Gasteiger partial charge in [-0.15, -0.1) is 10.2 Å². The highest BCUT2D eigenvalue weighted by molar-refractivity contribution is 5.80. The molecule has 0 amide bonds. The lowest BCUT2D eigenvalue weighted by Crippen LogP contribution is -1.89. The van der Waals surface area contributed by atoms with Gasteiger partial charge in [0.05, 0.1) is 6.21 Å². The largest absolute Gasteiger partial charge is 0.457 e. The molecule has 0 saturated carbocycles. The van der Waals surface area contributed by atoms with Crippen molar-refractivity contribution in [3.63, 3.8) is 0 Å². The fourth-order valence-electron chi connectivity index (χ4n) is 1.67. The Balaban J connectivity index is 1.76. The predicted molar refractivity (Wildman–Crippen MR) is 76.0 cm³/mol. The summed E-state index contributed by atoms with van der Waals surface area (Å²) < 4.78 is 7.30. The Labute approximate surface area is 116 Å². The van der Waals surface area contributed by atoms with Gasteiger partial charge in [-0.2, -0.15) is 5.10 Å². The van der Waals surface area contributed by atoms with Crippen LogP contribution in [0.1, 0.15) is 5.56 Å². The van der Waals surface area contributed by atoms with Crippen LogP contribution in [0.2, 0.25) is 0 Å². The van der Waals surface area contributed by atoms with E-state index in [2.05, 4.69) is 15.3 Å². The molecule has 0 unspecified atom stereocenters. The van der Waals surface area contributed by atoms with Crippen LogP contribution in [0.4, 0.5) is 0 Å². The minimum atomic E-state index is 0.768. The van der Waals surface area contributed by atoms with Gasteiger partial charge in [-0.25, -0.2) is 4.68 Å². The highest BCUT2D eigenvalue weighted by Gasteiger charge is 1.97. The van der Waals surface area contributed by atoms with Gasteiger partial charge in [0.1, 0.15) is 24.2 Å². The first-order valence-electron chi connectivity index (χ1n) is 6.12. The maximum Gasteiger partial charge on any atom is 0.141 e. The molecule has 0 aliphatic rings. The summed E-state index contributed by atoms with van der Waals surface area (Å²) in [4.78, 5) is 0. The third-order valence-corrected chi connectivity index (χ3v) is 2.58. The number of nitrogens with zero attached hydrogens (tertiary/aromatic N) is 4. The zero-order chi connectivity index (χ0) is 13.6.